The van der Waals surface area contributed by atoms with Gasteiger partial charge < -0.3 is 15.2 Å². The largest absolute Gasteiger partial charge is 0.497 e. The van der Waals surface area contributed by atoms with Crippen molar-refractivity contribution in [2.45, 2.75) is 0 Å². The minimum Gasteiger partial charge on any atom is -0.497 e. The molecule has 88 valence electrons. The molecule has 0 spiro atoms. The molecule has 2 aromatic rings. The maximum absolute atomic E-state index is 12.7. The molecule has 0 aliphatic heterocycles. The molecule has 2 rings (SSSR count). The third-order valence-corrected chi connectivity index (χ3v) is 2.26. The quantitative estimate of drug-likeness (QED) is 0.828. The van der Waals surface area contributed by atoms with E-state index in [1.165, 1.54) is 12.1 Å². The van der Waals surface area contributed by atoms with Crippen LogP contribution in [0, 0.1) is 5.82 Å². The second-order valence-corrected chi connectivity index (χ2v) is 3.46. The highest BCUT2D eigenvalue weighted by Gasteiger charge is 2.03. The highest BCUT2D eigenvalue weighted by atomic mass is 19.1. The molecular formula is C13H12FNO2. The van der Waals surface area contributed by atoms with E-state index in [9.17, 15) is 4.39 Å². The first-order valence-corrected chi connectivity index (χ1v) is 5.06. The molecule has 0 radical (unpaired) electrons. The molecule has 0 amide bonds. The average molecular weight is 233 g/mol. The van der Waals surface area contributed by atoms with Gasteiger partial charge in [-0.15, -0.1) is 0 Å². The molecule has 2 aromatic carbocycles. The Morgan fingerprint density at radius 2 is 1.65 bits per heavy atom. The van der Waals surface area contributed by atoms with E-state index >= 15 is 0 Å². The van der Waals surface area contributed by atoms with Crippen molar-refractivity contribution in [3.8, 4) is 17.2 Å². The maximum Gasteiger partial charge on any atom is 0.150 e. The number of nitrogen functional groups attached to an aromatic ring is 1. The molecule has 0 unspecified atom stereocenters. The lowest BCUT2D eigenvalue weighted by molar-refractivity contribution is 0.413. The van der Waals surface area contributed by atoms with Gasteiger partial charge in [0.15, 0.2) is 5.75 Å². The van der Waals surface area contributed by atoms with Crippen molar-refractivity contribution in [3.63, 3.8) is 0 Å². The van der Waals surface area contributed by atoms with Crippen molar-refractivity contribution in [2.75, 3.05) is 12.8 Å². The van der Waals surface area contributed by atoms with Gasteiger partial charge in [0, 0.05) is 6.07 Å². The molecule has 0 heterocycles. The molecular weight excluding hydrogens is 221 g/mol. The molecule has 0 fully saturated rings. The Kier molecular flexibility index (Phi) is 3.14. The van der Waals surface area contributed by atoms with Gasteiger partial charge in [-0.1, -0.05) is 0 Å². The third kappa shape index (κ3) is 2.66. The first-order valence-electron chi connectivity index (χ1n) is 5.06. The van der Waals surface area contributed by atoms with E-state index in [4.69, 9.17) is 15.2 Å². The topological polar surface area (TPSA) is 44.5 Å². The predicted molar refractivity (Wildman–Crippen MR) is 63.9 cm³/mol. The molecule has 0 aliphatic carbocycles. The van der Waals surface area contributed by atoms with Crippen LogP contribution in [0.2, 0.25) is 0 Å². The Balaban J connectivity index is 2.21. The number of ether oxygens (including phenoxy) is 2. The monoisotopic (exact) mass is 233 g/mol. The SMILES string of the molecule is COc1ccc(Oc2ccc(F)cc2)c(N)c1. The van der Waals surface area contributed by atoms with E-state index in [1.807, 2.05) is 0 Å². The smallest absolute Gasteiger partial charge is 0.150 e. The number of benzene rings is 2. The highest BCUT2D eigenvalue weighted by Crippen LogP contribution is 2.30. The predicted octanol–water partition coefficient (Wildman–Crippen LogP) is 3.21. The summed E-state index contributed by atoms with van der Waals surface area (Å²) in [4.78, 5) is 0. The minimum atomic E-state index is -0.306. The lowest BCUT2D eigenvalue weighted by Gasteiger charge is -2.09. The molecule has 0 aromatic heterocycles. The van der Waals surface area contributed by atoms with E-state index in [0.29, 0.717) is 22.9 Å². The summed E-state index contributed by atoms with van der Waals surface area (Å²) in [6.07, 6.45) is 0. The van der Waals surface area contributed by atoms with Gasteiger partial charge in [-0.3, -0.25) is 0 Å². The summed E-state index contributed by atoms with van der Waals surface area (Å²) >= 11 is 0. The lowest BCUT2D eigenvalue weighted by atomic mass is 10.2. The van der Waals surface area contributed by atoms with Crippen LogP contribution in [-0.2, 0) is 0 Å². The first kappa shape index (κ1) is 11.3. The van der Waals surface area contributed by atoms with Crippen molar-refractivity contribution in [3.05, 3.63) is 48.3 Å². The molecule has 17 heavy (non-hydrogen) atoms. The first-order chi connectivity index (χ1) is 8.19. The fraction of sp³-hybridized carbons (Fsp3) is 0.0769. The Labute approximate surface area is 98.6 Å². The summed E-state index contributed by atoms with van der Waals surface area (Å²) in [7, 11) is 1.56. The van der Waals surface area contributed by atoms with Crippen LogP contribution in [0.3, 0.4) is 0 Å². The zero-order valence-corrected chi connectivity index (χ0v) is 9.31. The average Bonchev–Trinajstić information content (AvgIpc) is 2.34. The van der Waals surface area contributed by atoms with Crippen LogP contribution >= 0.6 is 0 Å². The fourth-order valence-electron chi connectivity index (χ4n) is 1.38. The van der Waals surface area contributed by atoms with Crippen molar-refractivity contribution < 1.29 is 13.9 Å². The summed E-state index contributed by atoms with van der Waals surface area (Å²) in [5.41, 5.74) is 6.26. The van der Waals surface area contributed by atoms with Crippen LogP contribution < -0.4 is 15.2 Å². The highest BCUT2D eigenvalue weighted by molar-refractivity contribution is 5.57. The summed E-state index contributed by atoms with van der Waals surface area (Å²) in [5, 5.41) is 0. The number of methoxy groups -OCH3 is 1. The van der Waals surface area contributed by atoms with E-state index in [0.717, 1.165) is 0 Å². The van der Waals surface area contributed by atoms with Gasteiger partial charge in [-0.25, -0.2) is 4.39 Å². The zero-order chi connectivity index (χ0) is 12.3. The second-order valence-electron chi connectivity index (χ2n) is 3.46. The van der Waals surface area contributed by atoms with E-state index < -0.39 is 0 Å². The van der Waals surface area contributed by atoms with Crippen molar-refractivity contribution >= 4 is 5.69 Å². The standard InChI is InChI=1S/C13H12FNO2/c1-16-11-6-7-13(12(15)8-11)17-10-4-2-9(14)3-5-10/h2-8H,15H2,1H3. The molecule has 2 N–H and O–H groups in total. The third-order valence-electron chi connectivity index (χ3n) is 2.26. The van der Waals surface area contributed by atoms with Gasteiger partial charge in [0.1, 0.15) is 17.3 Å². The Morgan fingerprint density at radius 1 is 1.00 bits per heavy atom. The molecule has 4 heteroatoms. The number of nitrogens with two attached hydrogens (primary N) is 1. The van der Waals surface area contributed by atoms with Crippen LogP contribution in [-0.4, -0.2) is 7.11 Å². The van der Waals surface area contributed by atoms with E-state index in [1.54, 1.807) is 37.4 Å². The molecule has 0 saturated carbocycles. The summed E-state index contributed by atoms with van der Waals surface area (Å²) in [5.74, 6) is 1.40. The van der Waals surface area contributed by atoms with Gasteiger partial charge in [-0.05, 0) is 36.4 Å². The Hall–Kier alpha value is -2.23. The van der Waals surface area contributed by atoms with Crippen LogP contribution in [0.5, 0.6) is 17.2 Å². The molecule has 0 saturated heterocycles. The summed E-state index contributed by atoms with van der Waals surface area (Å²) in [6.45, 7) is 0. The summed E-state index contributed by atoms with van der Waals surface area (Å²) < 4.78 is 23.3. The van der Waals surface area contributed by atoms with Crippen molar-refractivity contribution in [1.82, 2.24) is 0 Å². The minimum absolute atomic E-state index is 0.306. The fourth-order valence-corrected chi connectivity index (χ4v) is 1.38. The number of anilines is 1. The lowest BCUT2D eigenvalue weighted by Crippen LogP contribution is -1.93. The van der Waals surface area contributed by atoms with Gasteiger partial charge in [0.05, 0.1) is 12.8 Å². The number of rotatable bonds is 3. The second kappa shape index (κ2) is 4.74. The van der Waals surface area contributed by atoms with Crippen molar-refractivity contribution in [2.24, 2.45) is 0 Å². The van der Waals surface area contributed by atoms with E-state index in [-0.39, 0.29) is 5.82 Å². The Bertz CT molecular complexity index is 511. The van der Waals surface area contributed by atoms with Crippen LogP contribution in [0.1, 0.15) is 0 Å². The molecule has 3 nitrogen and oxygen atoms in total. The number of hydrogen-bond donors (Lipinski definition) is 1. The van der Waals surface area contributed by atoms with Gasteiger partial charge in [-0.2, -0.15) is 0 Å². The molecule has 0 bridgehead atoms. The molecule has 0 aliphatic rings. The normalized spacial score (nSPS) is 10.0. The van der Waals surface area contributed by atoms with Gasteiger partial charge >= 0.3 is 0 Å². The Morgan fingerprint density at radius 3 is 2.24 bits per heavy atom. The van der Waals surface area contributed by atoms with E-state index in [2.05, 4.69) is 0 Å². The van der Waals surface area contributed by atoms with Gasteiger partial charge in [0.25, 0.3) is 0 Å². The maximum atomic E-state index is 12.7. The molecule has 0 atom stereocenters. The summed E-state index contributed by atoms with van der Waals surface area (Å²) in [6, 6.07) is 10.9. The van der Waals surface area contributed by atoms with Crippen LogP contribution in [0.4, 0.5) is 10.1 Å². The van der Waals surface area contributed by atoms with Crippen LogP contribution in [0.15, 0.2) is 42.5 Å². The number of halogens is 1. The number of hydrogen-bond acceptors (Lipinski definition) is 3. The van der Waals surface area contributed by atoms with Crippen molar-refractivity contribution in [1.29, 1.82) is 0 Å². The van der Waals surface area contributed by atoms with Crippen LogP contribution in [0.25, 0.3) is 0 Å². The van der Waals surface area contributed by atoms with Gasteiger partial charge in [0.2, 0.25) is 0 Å². The zero-order valence-electron chi connectivity index (χ0n) is 9.31.